The van der Waals surface area contributed by atoms with Gasteiger partial charge in [0, 0.05) is 19.1 Å². The lowest BCUT2D eigenvalue weighted by atomic mass is 9.82. The van der Waals surface area contributed by atoms with E-state index in [4.69, 9.17) is 4.74 Å². The number of nitrogens with zero attached hydrogens (tertiary/aromatic N) is 2. The summed E-state index contributed by atoms with van der Waals surface area (Å²) >= 11 is 0. The highest BCUT2D eigenvalue weighted by molar-refractivity contribution is 5.92. The van der Waals surface area contributed by atoms with Gasteiger partial charge in [-0.25, -0.2) is 0 Å². The van der Waals surface area contributed by atoms with Crippen LogP contribution in [0.15, 0.2) is 6.07 Å². The maximum Gasteiger partial charge on any atom is 0.271 e. The Kier molecular flexibility index (Phi) is 4.79. The van der Waals surface area contributed by atoms with Gasteiger partial charge < -0.3 is 20.7 Å². The summed E-state index contributed by atoms with van der Waals surface area (Å²) < 4.78 is 8.14. The van der Waals surface area contributed by atoms with Gasteiger partial charge in [0.1, 0.15) is 0 Å². The van der Waals surface area contributed by atoms with Crippen LogP contribution in [0.3, 0.4) is 0 Å². The summed E-state index contributed by atoms with van der Waals surface area (Å²) in [4.78, 5) is 12.5. The molecule has 4 rings (SSSR count). The fourth-order valence-corrected chi connectivity index (χ4v) is 4.21. The van der Waals surface area contributed by atoms with Gasteiger partial charge in [-0.05, 0) is 50.3 Å². The molecular formula is C19H31N5O2. The van der Waals surface area contributed by atoms with E-state index in [0.717, 1.165) is 51.1 Å². The monoisotopic (exact) mass is 361 g/mol. The molecule has 1 aromatic rings. The normalized spacial score (nSPS) is 27.1. The third-order valence-corrected chi connectivity index (χ3v) is 6.12. The molecule has 3 N–H and O–H groups in total. The van der Waals surface area contributed by atoms with Gasteiger partial charge in [0.05, 0.1) is 24.4 Å². The lowest BCUT2D eigenvalue weighted by Gasteiger charge is -2.40. The zero-order valence-corrected chi connectivity index (χ0v) is 15.9. The molecule has 1 aromatic heterocycles. The van der Waals surface area contributed by atoms with Gasteiger partial charge in [-0.15, -0.1) is 0 Å². The first-order valence-corrected chi connectivity index (χ1v) is 9.88. The largest absolute Gasteiger partial charge is 0.367 e. The topological polar surface area (TPSA) is 80.2 Å². The van der Waals surface area contributed by atoms with Crippen LogP contribution in [-0.4, -0.2) is 53.5 Å². The molecule has 26 heavy (non-hydrogen) atoms. The quantitative estimate of drug-likeness (QED) is 0.750. The Hall–Kier alpha value is -1.44. The van der Waals surface area contributed by atoms with Gasteiger partial charge in [-0.3, -0.25) is 9.48 Å². The summed E-state index contributed by atoms with van der Waals surface area (Å²) in [5.41, 5.74) is 1.74. The maximum atomic E-state index is 12.5. The average Bonchev–Trinajstić information content (AvgIpc) is 3.04. The predicted molar refractivity (Wildman–Crippen MR) is 99.0 cm³/mol. The maximum absolute atomic E-state index is 12.5. The van der Waals surface area contributed by atoms with Crippen LogP contribution in [0.25, 0.3) is 0 Å². The lowest BCUT2D eigenvalue weighted by Crippen LogP contribution is -2.49. The van der Waals surface area contributed by atoms with Crippen LogP contribution >= 0.6 is 0 Å². The summed E-state index contributed by atoms with van der Waals surface area (Å²) in [7, 11) is 0. The number of fused-ring (bicyclic) bond motifs is 1. The minimum atomic E-state index is -0.114. The van der Waals surface area contributed by atoms with Crippen molar-refractivity contribution in [3.05, 3.63) is 17.5 Å². The van der Waals surface area contributed by atoms with Crippen LogP contribution in [0.5, 0.6) is 0 Å². The number of aromatic nitrogens is 2. The fraction of sp³-hybridized carbons (Fsp3) is 0.789. The Morgan fingerprint density at radius 2 is 2.19 bits per heavy atom. The van der Waals surface area contributed by atoms with E-state index in [0.29, 0.717) is 30.3 Å². The lowest BCUT2D eigenvalue weighted by molar-refractivity contribution is -0.109. The first-order chi connectivity index (χ1) is 12.4. The van der Waals surface area contributed by atoms with Gasteiger partial charge in [0.25, 0.3) is 5.91 Å². The molecule has 2 fully saturated rings. The SMILES string of the molecule is CC1(C)CCC(CNC(=O)c2cc3n(n2)CC2(CCNCC2)OC3)NC1. The van der Waals surface area contributed by atoms with Crippen LogP contribution in [0.4, 0.5) is 0 Å². The predicted octanol–water partition coefficient (Wildman–Crippen LogP) is 1.04. The van der Waals surface area contributed by atoms with Crippen LogP contribution in [0.1, 0.15) is 55.7 Å². The van der Waals surface area contributed by atoms with Crippen molar-refractivity contribution in [3.8, 4) is 0 Å². The highest BCUT2D eigenvalue weighted by atomic mass is 16.5. The number of rotatable bonds is 3. The van der Waals surface area contributed by atoms with Crippen molar-refractivity contribution in [1.29, 1.82) is 0 Å². The average molecular weight is 361 g/mol. The minimum Gasteiger partial charge on any atom is -0.367 e. The van der Waals surface area contributed by atoms with Crippen LogP contribution < -0.4 is 16.0 Å². The Morgan fingerprint density at radius 1 is 1.38 bits per heavy atom. The zero-order valence-electron chi connectivity index (χ0n) is 15.9. The van der Waals surface area contributed by atoms with Crippen LogP contribution in [0.2, 0.25) is 0 Å². The molecule has 3 aliphatic rings. The molecule has 0 radical (unpaired) electrons. The van der Waals surface area contributed by atoms with Gasteiger partial charge in [0.15, 0.2) is 5.69 Å². The number of nitrogens with one attached hydrogen (secondary N) is 3. The Balaban J connectivity index is 1.34. The Bertz CT molecular complexity index is 653. The van der Waals surface area contributed by atoms with E-state index in [1.54, 1.807) is 0 Å². The van der Waals surface area contributed by atoms with Crippen LogP contribution in [-0.2, 0) is 17.9 Å². The highest BCUT2D eigenvalue weighted by Gasteiger charge is 2.38. The van der Waals surface area contributed by atoms with Crippen molar-refractivity contribution < 1.29 is 9.53 Å². The van der Waals surface area contributed by atoms with Crippen LogP contribution in [0, 0.1) is 5.41 Å². The number of hydrogen-bond donors (Lipinski definition) is 3. The second kappa shape index (κ2) is 6.94. The molecule has 144 valence electrons. The van der Waals surface area contributed by atoms with Crippen molar-refractivity contribution in [2.75, 3.05) is 26.2 Å². The van der Waals surface area contributed by atoms with Crippen molar-refractivity contribution in [1.82, 2.24) is 25.7 Å². The van der Waals surface area contributed by atoms with Gasteiger partial charge in [-0.1, -0.05) is 13.8 Å². The summed E-state index contributed by atoms with van der Waals surface area (Å²) in [6, 6.07) is 2.23. The first kappa shape index (κ1) is 17.9. The van der Waals surface area contributed by atoms with E-state index in [-0.39, 0.29) is 11.5 Å². The highest BCUT2D eigenvalue weighted by Crippen LogP contribution is 2.31. The summed E-state index contributed by atoms with van der Waals surface area (Å²) in [5, 5.41) is 14.5. The van der Waals surface area contributed by atoms with E-state index in [1.165, 1.54) is 6.42 Å². The Morgan fingerprint density at radius 3 is 2.92 bits per heavy atom. The number of ether oxygens (including phenoxy) is 1. The zero-order chi connectivity index (χ0) is 18.2. The molecule has 3 aliphatic heterocycles. The van der Waals surface area contributed by atoms with Crippen molar-refractivity contribution in [3.63, 3.8) is 0 Å². The molecule has 0 bridgehead atoms. The molecule has 1 spiro atoms. The molecule has 7 heteroatoms. The van der Waals surface area contributed by atoms with Crippen molar-refractivity contribution in [2.45, 2.75) is 64.3 Å². The van der Waals surface area contributed by atoms with E-state index in [9.17, 15) is 4.79 Å². The molecule has 4 heterocycles. The smallest absolute Gasteiger partial charge is 0.271 e. The van der Waals surface area contributed by atoms with E-state index in [1.807, 2.05) is 10.7 Å². The number of piperidine rings is 2. The second-order valence-electron chi connectivity index (χ2n) is 8.89. The minimum absolute atomic E-state index is 0.0853. The molecule has 1 amide bonds. The molecule has 2 saturated heterocycles. The summed E-state index contributed by atoms with van der Waals surface area (Å²) in [6.45, 7) is 9.47. The standard InChI is InChI=1S/C19H31N5O2/c1-18(2)4-3-14(22-12-18)10-21-17(25)16-9-15-11-26-19(13-24(15)23-16)5-7-20-8-6-19/h9,14,20,22H,3-8,10-13H2,1-2H3,(H,21,25). The molecular weight excluding hydrogens is 330 g/mol. The second-order valence-corrected chi connectivity index (χ2v) is 8.89. The van der Waals surface area contributed by atoms with Gasteiger partial charge >= 0.3 is 0 Å². The molecule has 7 nitrogen and oxygen atoms in total. The molecule has 0 saturated carbocycles. The van der Waals surface area contributed by atoms with E-state index < -0.39 is 0 Å². The number of carbonyl (C=O) groups excluding carboxylic acids is 1. The van der Waals surface area contributed by atoms with E-state index >= 15 is 0 Å². The van der Waals surface area contributed by atoms with Crippen molar-refractivity contribution in [2.24, 2.45) is 5.41 Å². The van der Waals surface area contributed by atoms with Gasteiger partial charge in [0.2, 0.25) is 0 Å². The fourth-order valence-electron chi connectivity index (χ4n) is 4.21. The molecule has 1 unspecified atom stereocenters. The first-order valence-electron chi connectivity index (χ1n) is 9.88. The summed E-state index contributed by atoms with van der Waals surface area (Å²) in [6.07, 6.45) is 4.28. The molecule has 0 aromatic carbocycles. The third-order valence-electron chi connectivity index (χ3n) is 6.12. The van der Waals surface area contributed by atoms with Gasteiger partial charge in [-0.2, -0.15) is 5.10 Å². The number of hydrogen-bond acceptors (Lipinski definition) is 5. The third kappa shape index (κ3) is 3.80. The summed E-state index contributed by atoms with van der Waals surface area (Å²) in [5.74, 6) is -0.0853. The number of amides is 1. The molecule has 0 aliphatic carbocycles. The molecule has 1 atom stereocenters. The Labute approximate surface area is 155 Å². The number of carbonyl (C=O) groups is 1. The van der Waals surface area contributed by atoms with Crippen molar-refractivity contribution >= 4 is 5.91 Å². The van der Waals surface area contributed by atoms with E-state index in [2.05, 4.69) is 34.9 Å².